The maximum Gasteiger partial charge on any atom is 0.355 e. The summed E-state index contributed by atoms with van der Waals surface area (Å²) in [7, 11) is -3.69. The number of allylic oxidation sites excluding steroid dienone is 1. The van der Waals surface area contributed by atoms with E-state index in [-0.39, 0.29) is 17.0 Å². The van der Waals surface area contributed by atoms with E-state index >= 15 is 0 Å². The van der Waals surface area contributed by atoms with Crippen molar-refractivity contribution in [2.75, 3.05) is 11.2 Å². The zero-order chi connectivity index (χ0) is 23.1. The Hall–Kier alpha value is -2.46. The van der Waals surface area contributed by atoms with Crippen LogP contribution in [0, 0.1) is 0 Å². The number of nitrogens with zero attached hydrogens (tertiary/aromatic N) is 2. The van der Waals surface area contributed by atoms with Crippen molar-refractivity contribution in [3.8, 4) is 0 Å². The van der Waals surface area contributed by atoms with Gasteiger partial charge >= 0.3 is 5.97 Å². The lowest BCUT2D eigenvalue weighted by Crippen LogP contribution is -2.62. The summed E-state index contributed by atoms with van der Waals surface area (Å²) in [6.07, 6.45) is 1.43. The molecule has 1 aromatic rings. The highest BCUT2D eigenvalue weighted by molar-refractivity contribution is 9.10. The van der Waals surface area contributed by atoms with Gasteiger partial charge in [0.1, 0.15) is 11.3 Å². The first-order valence-electron chi connectivity index (χ1n) is 9.56. The molecule has 0 aromatic heterocycles. The second-order valence-corrected chi connectivity index (χ2v) is 11.4. The second-order valence-electron chi connectivity index (χ2n) is 8.44. The molecule has 1 N–H and O–H groups in total. The molecule has 1 fully saturated rings. The van der Waals surface area contributed by atoms with Crippen LogP contribution in [0.15, 0.2) is 56.8 Å². The topological polar surface area (TPSA) is 105 Å². The zero-order valence-corrected chi connectivity index (χ0v) is 20.3. The van der Waals surface area contributed by atoms with Gasteiger partial charge in [-0.2, -0.15) is 5.10 Å². The predicted octanol–water partition coefficient (Wildman–Crippen LogP) is 3.38. The summed E-state index contributed by atoms with van der Waals surface area (Å²) in [6.45, 7) is 8.30. The van der Waals surface area contributed by atoms with E-state index in [9.17, 15) is 18.0 Å². The van der Waals surface area contributed by atoms with Crippen molar-refractivity contribution in [3.63, 3.8) is 0 Å². The van der Waals surface area contributed by atoms with Crippen LogP contribution < -0.4 is 5.43 Å². The van der Waals surface area contributed by atoms with Crippen molar-refractivity contribution < 1.29 is 22.7 Å². The Morgan fingerprint density at radius 1 is 1.29 bits per heavy atom. The fourth-order valence-corrected chi connectivity index (χ4v) is 5.56. The number of amides is 1. The first-order chi connectivity index (χ1) is 14.3. The van der Waals surface area contributed by atoms with Gasteiger partial charge in [0.25, 0.3) is 5.91 Å². The first kappa shape index (κ1) is 23.2. The third-order valence-electron chi connectivity index (χ3n) is 4.53. The Kier molecular flexibility index (Phi) is 6.16. The van der Waals surface area contributed by atoms with E-state index in [1.165, 1.54) is 13.0 Å². The predicted molar refractivity (Wildman–Crippen MR) is 122 cm³/mol. The molecule has 10 heteroatoms. The zero-order valence-electron chi connectivity index (χ0n) is 17.9. The molecule has 1 aromatic carbocycles. The molecule has 31 heavy (non-hydrogen) atoms. The van der Waals surface area contributed by atoms with Gasteiger partial charge < -0.3 is 4.74 Å². The fourth-order valence-electron chi connectivity index (χ4n) is 3.32. The number of carbonyl (C=O) groups is 2. The van der Waals surface area contributed by atoms with E-state index in [0.717, 1.165) is 15.1 Å². The van der Waals surface area contributed by atoms with Crippen LogP contribution >= 0.6 is 15.9 Å². The number of rotatable bonds is 4. The molecule has 1 amide bonds. The summed E-state index contributed by atoms with van der Waals surface area (Å²) < 4.78 is 31.9. The molecule has 1 unspecified atom stereocenters. The monoisotopic (exact) mass is 509 g/mol. The van der Waals surface area contributed by atoms with Gasteiger partial charge in [0.2, 0.25) is 0 Å². The molecule has 0 saturated carbocycles. The van der Waals surface area contributed by atoms with Gasteiger partial charge in [0.05, 0.1) is 22.7 Å². The Morgan fingerprint density at radius 2 is 1.90 bits per heavy atom. The highest BCUT2D eigenvalue weighted by atomic mass is 79.9. The van der Waals surface area contributed by atoms with Crippen molar-refractivity contribution in [1.82, 2.24) is 4.90 Å². The summed E-state index contributed by atoms with van der Waals surface area (Å²) in [6, 6.07) is 7.33. The number of esters is 1. The van der Waals surface area contributed by atoms with Gasteiger partial charge in [-0.15, -0.1) is 0 Å². The molecule has 3 rings (SSSR count). The third kappa shape index (κ3) is 4.90. The van der Waals surface area contributed by atoms with Crippen LogP contribution in [0.3, 0.4) is 0 Å². The number of anilines is 1. The highest BCUT2D eigenvalue weighted by Gasteiger charge is 2.56. The summed E-state index contributed by atoms with van der Waals surface area (Å²) in [5, 5.41) is 2.97. The number of halogens is 1. The fraction of sp³-hybridized carbons (Fsp3) is 0.381. The van der Waals surface area contributed by atoms with Crippen molar-refractivity contribution in [2.24, 2.45) is 5.10 Å². The number of sulfone groups is 1. The molecule has 1 saturated heterocycles. The van der Waals surface area contributed by atoms with Crippen molar-refractivity contribution in [1.29, 1.82) is 0 Å². The number of β-lactam (4-membered cyclic amide) rings is 1. The molecule has 0 spiro atoms. The molecule has 8 nitrogen and oxygen atoms in total. The summed E-state index contributed by atoms with van der Waals surface area (Å²) in [5.41, 5.74) is 3.61. The Labute approximate surface area is 190 Å². The normalized spacial score (nSPS) is 22.2. The molecular weight excluding hydrogens is 486 g/mol. The Balaban J connectivity index is 1.87. The van der Waals surface area contributed by atoms with Crippen LogP contribution in [0.25, 0.3) is 0 Å². The molecule has 2 aliphatic heterocycles. The number of hydrazone groups is 1. The number of nitrogens with one attached hydrogen (secondary N) is 1. The molecular formula is C21H24BrN3O5S. The lowest BCUT2D eigenvalue weighted by Gasteiger charge is -2.45. The summed E-state index contributed by atoms with van der Waals surface area (Å²) in [5.74, 6) is -1.58. The lowest BCUT2D eigenvalue weighted by molar-refractivity contribution is -0.155. The van der Waals surface area contributed by atoms with Gasteiger partial charge in [0.15, 0.2) is 15.2 Å². The van der Waals surface area contributed by atoms with E-state index in [0.29, 0.717) is 11.3 Å². The standard InChI is InChI=1S/C21H24BrN3O5S/c1-12-11-31(28,29)19-16(10-13(2)23-24-15-8-6-14(22)7-9-15)18(26)25(19)17(12)20(27)30-21(3,4)5/h6-10,19,24H,11H2,1-5H3/b16-10-,23-13+. The number of carbonyl (C=O) groups excluding carboxylic acids is 2. The van der Waals surface area contributed by atoms with Gasteiger partial charge in [0, 0.05) is 4.47 Å². The molecule has 2 aliphatic rings. The number of benzene rings is 1. The minimum absolute atomic E-state index is 0.000482. The van der Waals surface area contributed by atoms with E-state index < -0.39 is 32.7 Å². The average molecular weight is 510 g/mol. The van der Waals surface area contributed by atoms with Crippen LogP contribution in [0.5, 0.6) is 0 Å². The summed E-state index contributed by atoms with van der Waals surface area (Å²) in [4.78, 5) is 26.5. The van der Waals surface area contributed by atoms with Crippen molar-refractivity contribution in [2.45, 2.75) is 45.6 Å². The van der Waals surface area contributed by atoms with Gasteiger partial charge in [-0.05, 0) is 70.5 Å². The largest absolute Gasteiger partial charge is 0.455 e. The molecule has 2 heterocycles. The van der Waals surface area contributed by atoms with Crippen LogP contribution in [0.2, 0.25) is 0 Å². The van der Waals surface area contributed by atoms with E-state index in [2.05, 4.69) is 26.5 Å². The van der Waals surface area contributed by atoms with Crippen LogP contribution in [0.4, 0.5) is 5.69 Å². The smallest absolute Gasteiger partial charge is 0.355 e. The van der Waals surface area contributed by atoms with E-state index in [1.54, 1.807) is 27.7 Å². The number of hydrogen-bond donors (Lipinski definition) is 1. The minimum atomic E-state index is -3.69. The molecule has 1 atom stereocenters. The molecule has 0 bridgehead atoms. The highest BCUT2D eigenvalue weighted by Crippen LogP contribution is 2.40. The third-order valence-corrected chi connectivity index (χ3v) is 7.04. The van der Waals surface area contributed by atoms with Crippen LogP contribution in [-0.4, -0.2) is 47.6 Å². The number of ether oxygens (including phenoxy) is 1. The number of fused-ring (bicyclic) bond motifs is 1. The van der Waals surface area contributed by atoms with Gasteiger partial charge in [-0.3, -0.25) is 15.1 Å². The molecule has 166 valence electrons. The summed E-state index contributed by atoms with van der Waals surface area (Å²) >= 11 is 3.35. The Morgan fingerprint density at radius 3 is 2.48 bits per heavy atom. The average Bonchev–Trinajstić information content (AvgIpc) is 2.63. The van der Waals surface area contributed by atoms with E-state index in [4.69, 9.17) is 4.74 Å². The second kappa shape index (κ2) is 8.23. The maximum absolute atomic E-state index is 12.8. The van der Waals surface area contributed by atoms with Crippen LogP contribution in [0.1, 0.15) is 34.6 Å². The van der Waals surface area contributed by atoms with Crippen molar-refractivity contribution in [3.05, 3.63) is 51.7 Å². The Bertz CT molecular complexity index is 1130. The quantitative estimate of drug-likeness (QED) is 0.219. The van der Waals surface area contributed by atoms with Crippen LogP contribution in [-0.2, 0) is 24.2 Å². The van der Waals surface area contributed by atoms with Gasteiger partial charge in [-0.1, -0.05) is 15.9 Å². The minimum Gasteiger partial charge on any atom is -0.455 e. The maximum atomic E-state index is 12.8. The first-order valence-corrected chi connectivity index (χ1v) is 12.1. The SMILES string of the molecule is CC1=C(C(=O)OC(C)(C)C)N2C(=O)/C(=C/C(C)=N/Nc3ccc(Br)cc3)C2S(=O)(=O)C1. The van der Waals surface area contributed by atoms with Crippen molar-refractivity contribution >= 4 is 49.0 Å². The molecule has 0 radical (unpaired) electrons. The van der Waals surface area contributed by atoms with E-state index in [1.807, 2.05) is 24.3 Å². The van der Waals surface area contributed by atoms with Gasteiger partial charge in [-0.25, -0.2) is 13.2 Å². The lowest BCUT2D eigenvalue weighted by atomic mass is 10.0. The molecule has 0 aliphatic carbocycles. The number of hydrogen-bond acceptors (Lipinski definition) is 7.